The molecule has 0 radical (unpaired) electrons. The number of hydrogen-bond acceptors (Lipinski definition) is 5. The maximum Gasteiger partial charge on any atom is 0.328 e. The molecule has 132 valence electrons. The number of fused-ring (bicyclic) bond motifs is 1. The highest BCUT2D eigenvalue weighted by atomic mass is 16.5. The second-order valence-electron chi connectivity index (χ2n) is 6.27. The van der Waals surface area contributed by atoms with E-state index in [1.165, 1.54) is 7.11 Å². The first-order chi connectivity index (χ1) is 12.5. The number of carbonyl (C=O) groups excluding carboxylic acids is 3. The lowest BCUT2D eigenvalue weighted by atomic mass is 9.70. The van der Waals surface area contributed by atoms with Crippen LogP contribution < -0.4 is 20.1 Å². The lowest BCUT2D eigenvalue weighted by Gasteiger charge is -2.43. The van der Waals surface area contributed by atoms with Crippen molar-refractivity contribution in [2.24, 2.45) is 5.41 Å². The van der Waals surface area contributed by atoms with E-state index in [4.69, 9.17) is 9.47 Å². The molecule has 2 N–H and O–H groups in total. The molecule has 1 spiro atoms. The molecule has 2 aliphatic rings. The molecule has 4 rings (SSSR count). The highest BCUT2D eigenvalue weighted by molar-refractivity contribution is 6.20. The van der Waals surface area contributed by atoms with Crippen molar-refractivity contribution in [2.75, 3.05) is 7.11 Å². The molecule has 0 aromatic heterocycles. The standard InChI is InChI=1S/C19H16N2O5/c1-25-13-7-4-6-11(9-13)15-19(16(22)20-18(24)21-17(19)23)10-12-5-2-3-8-14(12)26-15/h2-9,15H,10H2,1H3,(H2,20,21,22,23,24). The van der Waals surface area contributed by atoms with Crippen LogP contribution in [0.3, 0.4) is 0 Å². The molecule has 1 saturated heterocycles. The average Bonchev–Trinajstić information content (AvgIpc) is 2.65. The predicted octanol–water partition coefficient (Wildman–Crippen LogP) is 1.72. The Bertz CT molecular complexity index is 904. The lowest BCUT2D eigenvalue weighted by Crippen LogP contribution is -2.66. The van der Waals surface area contributed by atoms with Gasteiger partial charge in [0.25, 0.3) is 0 Å². The van der Waals surface area contributed by atoms with Gasteiger partial charge in [-0.3, -0.25) is 20.2 Å². The number of rotatable bonds is 2. The van der Waals surface area contributed by atoms with Gasteiger partial charge < -0.3 is 9.47 Å². The van der Waals surface area contributed by atoms with Crippen LogP contribution in [0.4, 0.5) is 4.79 Å². The molecule has 0 saturated carbocycles. The van der Waals surface area contributed by atoms with Gasteiger partial charge >= 0.3 is 6.03 Å². The van der Waals surface area contributed by atoms with Crippen molar-refractivity contribution in [3.8, 4) is 11.5 Å². The second-order valence-corrected chi connectivity index (χ2v) is 6.27. The third-order valence-electron chi connectivity index (χ3n) is 4.80. The minimum atomic E-state index is -1.59. The van der Waals surface area contributed by atoms with Crippen molar-refractivity contribution in [3.63, 3.8) is 0 Å². The summed E-state index contributed by atoms with van der Waals surface area (Å²) in [6, 6.07) is 13.4. The third-order valence-corrected chi connectivity index (χ3v) is 4.80. The van der Waals surface area contributed by atoms with Gasteiger partial charge in [0.1, 0.15) is 17.6 Å². The van der Waals surface area contributed by atoms with E-state index in [1.807, 2.05) is 12.1 Å². The lowest BCUT2D eigenvalue weighted by molar-refractivity contribution is -0.153. The first kappa shape index (κ1) is 16.1. The summed E-state index contributed by atoms with van der Waals surface area (Å²) in [4.78, 5) is 37.2. The fraction of sp³-hybridized carbons (Fsp3) is 0.211. The SMILES string of the molecule is COc1cccc(C2Oc3ccccc3CC23C(=O)NC(=O)NC3=O)c1. The number of urea groups is 1. The van der Waals surface area contributed by atoms with Crippen molar-refractivity contribution in [3.05, 3.63) is 59.7 Å². The minimum absolute atomic E-state index is 0.121. The zero-order valence-corrected chi connectivity index (χ0v) is 13.9. The number of barbiturate groups is 1. The Hall–Kier alpha value is -3.35. The summed E-state index contributed by atoms with van der Waals surface area (Å²) < 4.78 is 11.3. The van der Waals surface area contributed by atoms with Crippen LogP contribution in [0.25, 0.3) is 0 Å². The van der Waals surface area contributed by atoms with Crippen LogP contribution in [-0.2, 0) is 16.0 Å². The number of methoxy groups -OCH3 is 1. The number of ether oxygens (including phenoxy) is 2. The van der Waals surface area contributed by atoms with Crippen LogP contribution in [0.1, 0.15) is 17.2 Å². The smallest absolute Gasteiger partial charge is 0.328 e. The van der Waals surface area contributed by atoms with Gasteiger partial charge in [-0.2, -0.15) is 0 Å². The molecule has 1 unspecified atom stereocenters. The Labute approximate surface area is 149 Å². The van der Waals surface area contributed by atoms with Gasteiger partial charge in [0.15, 0.2) is 5.41 Å². The molecule has 2 heterocycles. The molecule has 0 aliphatic carbocycles. The zero-order chi connectivity index (χ0) is 18.3. The highest BCUT2D eigenvalue weighted by Gasteiger charge is 2.59. The monoisotopic (exact) mass is 352 g/mol. The predicted molar refractivity (Wildman–Crippen MR) is 90.6 cm³/mol. The van der Waals surface area contributed by atoms with Crippen LogP contribution >= 0.6 is 0 Å². The van der Waals surface area contributed by atoms with E-state index in [0.717, 1.165) is 5.56 Å². The Balaban J connectivity index is 1.89. The highest BCUT2D eigenvalue weighted by Crippen LogP contribution is 2.48. The summed E-state index contributed by atoms with van der Waals surface area (Å²) in [5, 5.41) is 4.42. The van der Waals surface area contributed by atoms with Gasteiger partial charge in [0.2, 0.25) is 11.8 Å². The van der Waals surface area contributed by atoms with E-state index < -0.39 is 29.4 Å². The molecule has 1 atom stereocenters. The number of benzene rings is 2. The third kappa shape index (κ3) is 2.32. The van der Waals surface area contributed by atoms with Crippen LogP contribution in [0.5, 0.6) is 11.5 Å². The average molecular weight is 352 g/mol. The molecule has 2 aromatic rings. The van der Waals surface area contributed by atoms with Crippen LogP contribution in [0.15, 0.2) is 48.5 Å². The summed E-state index contributed by atoms with van der Waals surface area (Å²) in [6.07, 6.45) is -0.781. The molecule has 2 aromatic carbocycles. The zero-order valence-electron chi connectivity index (χ0n) is 13.9. The normalized spacial score (nSPS) is 20.7. The Morgan fingerprint density at radius 2 is 1.77 bits per heavy atom. The maximum absolute atomic E-state index is 12.8. The number of para-hydroxylation sites is 1. The first-order valence-corrected chi connectivity index (χ1v) is 8.10. The van der Waals surface area contributed by atoms with Crippen molar-refractivity contribution in [2.45, 2.75) is 12.5 Å². The van der Waals surface area contributed by atoms with Gasteiger partial charge in [-0.25, -0.2) is 4.79 Å². The van der Waals surface area contributed by atoms with Crippen molar-refractivity contribution in [1.29, 1.82) is 0 Å². The number of carbonyl (C=O) groups is 3. The Kier molecular flexibility index (Phi) is 3.64. The number of imide groups is 2. The van der Waals surface area contributed by atoms with Crippen molar-refractivity contribution >= 4 is 17.8 Å². The summed E-state index contributed by atoms with van der Waals surface area (Å²) in [5.74, 6) is -0.168. The van der Waals surface area contributed by atoms with E-state index in [2.05, 4.69) is 10.6 Å². The Morgan fingerprint density at radius 3 is 2.50 bits per heavy atom. The van der Waals surface area contributed by atoms with Gasteiger partial charge in [0.05, 0.1) is 7.11 Å². The largest absolute Gasteiger partial charge is 0.497 e. The van der Waals surface area contributed by atoms with E-state index >= 15 is 0 Å². The second kappa shape index (κ2) is 5.87. The molecule has 0 bridgehead atoms. The Morgan fingerprint density at radius 1 is 1.04 bits per heavy atom. The fourth-order valence-electron chi connectivity index (χ4n) is 3.51. The fourth-order valence-corrected chi connectivity index (χ4v) is 3.51. The van der Waals surface area contributed by atoms with E-state index in [9.17, 15) is 14.4 Å². The van der Waals surface area contributed by atoms with Crippen LogP contribution in [0.2, 0.25) is 0 Å². The molecular weight excluding hydrogens is 336 g/mol. The number of hydrogen-bond donors (Lipinski definition) is 2. The molecule has 4 amide bonds. The first-order valence-electron chi connectivity index (χ1n) is 8.10. The summed E-state index contributed by atoms with van der Waals surface area (Å²) in [7, 11) is 1.53. The molecular formula is C19H16N2O5. The molecule has 1 fully saturated rings. The quantitative estimate of drug-likeness (QED) is 0.803. The van der Waals surface area contributed by atoms with Gasteiger partial charge in [-0.15, -0.1) is 0 Å². The van der Waals surface area contributed by atoms with E-state index in [0.29, 0.717) is 17.1 Å². The summed E-state index contributed by atoms with van der Waals surface area (Å²) in [5.41, 5.74) is -0.251. The number of amides is 4. The van der Waals surface area contributed by atoms with Gasteiger partial charge in [-0.1, -0.05) is 30.3 Å². The molecule has 2 aliphatic heterocycles. The minimum Gasteiger partial charge on any atom is -0.497 e. The van der Waals surface area contributed by atoms with Crippen molar-refractivity contribution in [1.82, 2.24) is 10.6 Å². The number of nitrogens with one attached hydrogen (secondary N) is 2. The topological polar surface area (TPSA) is 93.7 Å². The maximum atomic E-state index is 12.8. The van der Waals surface area contributed by atoms with Gasteiger partial charge in [-0.05, 0) is 29.3 Å². The molecule has 7 nitrogen and oxygen atoms in total. The van der Waals surface area contributed by atoms with E-state index in [1.54, 1.807) is 36.4 Å². The van der Waals surface area contributed by atoms with Crippen molar-refractivity contribution < 1.29 is 23.9 Å². The van der Waals surface area contributed by atoms with Crippen LogP contribution in [-0.4, -0.2) is 25.0 Å². The van der Waals surface area contributed by atoms with E-state index in [-0.39, 0.29) is 6.42 Å². The van der Waals surface area contributed by atoms with Crippen LogP contribution in [0, 0.1) is 5.41 Å². The summed E-state index contributed by atoms with van der Waals surface area (Å²) in [6.45, 7) is 0. The molecule has 7 heteroatoms. The summed E-state index contributed by atoms with van der Waals surface area (Å²) >= 11 is 0. The van der Waals surface area contributed by atoms with Gasteiger partial charge in [0, 0.05) is 6.42 Å². The molecule has 26 heavy (non-hydrogen) atoms.